The minimum Gasteiger partial charge on any atom is -0.494 e. The highest BCUT2D eigenvalue weighted by atomic mass is 32.1. The Kier molecular flexibility index (Phi) is 5.72. The molecule has 1 aromatic carbocycles. The van der Waals surface area contributed by atoms with Crippen LogP contribution in [0.3, 0.4) is 0 Å². The summed E-state index contributed by atoms with van der Waals surface area (Å²) in [4.78, 5) is 29.9. The summed E-state index contributed by atoms with van der Waals surface area (Å²) in [6.07, 6.45) is 1.23. The van der Waals surface area contributed by atoms with E-state index in [9.17, 15) is 9.59 Å². The average molecular weight is 374 g/mol. The number of likely N-dealkylation sites (tertiary alicyclic amines) is 1. The average Bonchev–Trinajstić information content (AvgIpc) is 3.11. The molecule has 1 aromatic heterocycles. The van der Waals surface area contributed by atoms with Crippen molar-refractivity contribution < 1.29 is 14.3 Å². The predicted molar refractivity (Wildman–Crippen MR) is 101 cm³/mol. The van der Waals surface area contributed by atoms with Crippen molar-refractivity contribution in [2.45, 2.75) is 19.8 Å². The Hall–Kier alpha value is -2.61. The number of amides is 2. The molecule has 2 aromatic rings. The molecular weight excluding hydrogens is 352 g/mol. The smallest absolute Gasteiger partial charge is 0.273 e. The third-order valence-electron chi connectivity index (χ3n) is 4.32. The molecule has 7 nitrogen and oxygen atoms in total. The van der Waals surface area contributed by atoms with Gasteiger partial charge in [-0.15, -0.1) is 11.3 Å². The Morgan fingerprint density at radius 3 is 2.62 bits per heavy atom. The molecule has 1 aliphatic heterocycles. The Morgan fingerprint density at radius 2 is 2.00 bits per heavy atom. The van der Waals surface area contributed by atoms with E-state index >= 15 is 0 Å². The summed E-state index contributed by atoms with van der Waals surface area (Å²) >= 11 is 1.38. The fourth-order valence-electron chi connectivity index (χ4n) is 2.88. The van der Waals surface area contributed by atoms with Crippen LogP contribution in [0, 0.1) is 5.92 Å². The second kappa shape index (κ2) is 8.18. The lowest BCUT2D eigenvalue weighted by Gasteiger charge is -2.30. The van der Waals surface area contributed by atoms with Gasteiger partial charge in [-0.3, -0.25) is 9.59 Å². The van der Waals surface area contributed by atoms with Gasteiger partial charge in [0.2, 0.25) is 5.91 Å². The molecule has 0 bridgehead atoms. The lowest BCUT2D eigenvalue weighted by atomic mass is 9.96. The molecule has 1 saturated heterocycles. The monoisotopic (exact) mass is 374 g/mol. The number of carbonyl (C=O) groups excluding carboxylic acids is 2. The molecule has 1 aliphatic rings. The van der Waals surface area contributed by atoms with Crippen molar-refractivity contribution in [3.05, 3.63) is 35.3 Å². The second-order valence-electron chi connectivity index (χ2n) is 6.09. The van der Waals surface area contributed by atoms with E-state index in [0.717, 1.165) is 11.4 Å². The number of hydrogen-bond acceptors (Lipinski definition) is 6. The molecule has 0 atom stereocenters. The number of benzene rings is 1. The first-order valence-corrected chi connectivity index (χ1v) is 9.48. The van der Waals surface area contributed by atoms with Crippen LogP contribution in [0.5, 0.6) is 5.75 Å². The summed E-state index contributed by atoms with van der Waals surface area (Å²) in [7, 11) is 0. The Balaban J connectivity index is 1.59. The number of piperidine rings is 1. The number of primary amides is 1. The first-order valence-electron chi connectivity index (χ1n) is 8.61. The van der Waals surface area contributed by atoms with E-state index in [0.29, 0.717) is 43.4 Å². The van der Waals surface area contributed by atoms with Crippen LogP contribution in [-0.2, 0) is 4.79 Å². The van der Waals surface area contributed by atoms with Crippen molar-refractivity contribution in [2.75, 3.05) is 25.0 Å². The number of nitrogens with two attached hydrogens (primary N) is 1. The maximum absolute atomic E-state index is 12.6. The molecule has 3 rings (SSSR count). The molecule has 0 aliphatic carbocycles. The molecule has 8 heteroatoms. The molecular formula is C18H22N4O3S. The SMILES string of the molecule is CCOc1ccc(Nc2nc(C(=O)N3CCC(C(N)=O)CC3)cs2)cc1. The Labute approximate surface area is 156 Å². The summed E-state index contributed by atoms with van der Waals surface area (Å²) in [5.41, 5.74) is 6.63. The first kappa shape index (κ1) is 18.2. The quantitative estimate of drug-likeness (QED) is 0.810. The lowest BCUT2D eigenvalue weighted by molar-refractivity contribution is -0.123. The number of thiazole rings is 1. The Morgan fingerprint density at radius 1 is 1.31 bits per heavy atom. The predicted octanol–water partition coefficient (Wildman–Crippen LogP) is 2.62. The van der Waals surface area contributed by atoms with Crippen LogP contribution in [0.2, 0.25) is 0 Å². The van der Waals surface area contributed by atoms with Crippen LogP contribution in [-0.4, -0.2) is 41.4 Å². The number of rotatable bonds is 6. The summed E-state index contributed by atoms with van der Waals surface area (Å²) in [5.74, 6) is 0.287. The molecule has 138 valence electrons. The number of carbonyl (C=O) groups is 2. The van der Waals surface area contributed by atoms with Gasteiger partial charge in [-0.2, -0.15) is 0 Å². The van der Waals surface area contributed by atoms with Gasteiger partial charge in [0, 0.05) is 30.1 Å². The molecule has 26 heavy (non-hydrogen) atoms. The molecule has 0 unspecified atom stereocenters. The van der Waals surface area contributed by atoms with Crippen LogP contribution in [0.25, 0.3) is 0 Å². The normalized spacial score (nSPS) is 14.9. The number of hydrogen-bond donors (Lipinski definition) is 2. The zero-order valence-corrected chi connectivity index (χ0v) is 15.4. The van der Waals surface area contributed by atoms with Gasteiger partial charge in [-0.1, -0.05) is 0 Å². The number of aromatic nitrogens is 1. The summed E-state index contributed by atoms with van der Waals surface area (Å²) in [5, 5.41) is 5.60. The molecule has 0 spiro atoms. The van der Waals surface area contributed by atoms with E-state index in [2.05, 4.69) is 10.3 Å². The highest BCUT2D eigenvalue weighted by Gasteiger charge is 2.27. The number of nitrogens with zero attached hydrogens (tertiary/aromatic N) is 2. The van der Waals surface area contributed by atoms with Gasteiger partial charge in [0.1, 0.15) is 11.4 Å². The minimum atomic E-state index is -0.285. The topological polar surface area (TPSA) is 97.6 Å². The van der Waals surface area contributed by atoms with Crippen molar-refractivity contribution in [2.24, 2.45) is 11.7 Å². The van der Waals surface area contributed by atoms with Gasteiger partial charge in [0.05, 0.1) is 6.61 Å². The fourth-order valence-corrected chi connectivity index (χ4v) is 3.59. The minimum absolute atomic E-state index is 0.107. The lowest BCUT2D eigenvalue weighted by Crippen LogP contribution is -2.41. The van der Waals surface area contributed by atoms with Crippen LogP contribution in [0.15, 0.2) is 29.6 Å². The number of nitrogens with one attached hydrogen (secondary N) is 1. The third-order valence-corrected chi connectivity index (χ3v) is 5.08. The van der Waals surface area contributed by atoms with Crippen molar-refractivity contribution in [1.29, 1.82) is 0 Å². The van der Waals surface area contributed by atoms with Crippen LogP contribution in [0.1, 0.15) is 30.3 Å². The van der Waals surface area contributed by atoms with Crippen LogP contribution >= 0.6 is 11.3 Å². The van der Waals surface area contributed by atoms with Gasteiger partial charge in [-0.25, -0.2) is 4.98 Å². The molecule has 0 radical (unpaired) electrons. The van der Waals surface area contributed by atoms with Crippen LogP contribution < -0.4 is 15.8 Å². The molecule has 2 heterocycles. The Bertz CT molecular complexity index is 767. The largest absolute Gasteiger partial charge is 0.494 e. The van der Waals surface area contributed by atoms with E-state index in [1.807, 2.05) is 31.2 Å². The van der Waals surface area contributed by atoms with E-state index in [4.69, 9.17) is 10.5 Å². The van der Waals surface area contributed by atoms with Gasteiger partial charge in [-0.05, 0) is 44.0 Å². The van der Waals surface area contributed by atoms with E-state index < -0.39 is 0 Å². The molecule has 1 fully saturated rings. The van der Waals surface area contributed by atoms with E-state index in [-0.39, 0.29) is 17.7 Å². The maximum Gasteiger partial charge on any atom is 0.273 e. The van der Waals surface area contributed by atoms with Gasteiger partial charge in [0.25, 0.3) is 5.91 Å². The number of anilines is 2. The summed E-state index contributed by atoms with van der Waals surface area (Å²) in [6.45, 7) is 3.63. The standard InChI is InChI=1S/C18H22N4O3S/c1-2-25-14-5-3-13(4-6-14)20-18-21-15(11-26-18)17(24)22-9-7-12(8-10-22)16(19)23/h3-6,11-12H,2,7-10H2,1H3,(H2,19,23)(H,20,21). The van der Waals surface area contributed by atoms with Crippen molar-refractivity contribution >= 4 is 34.0 Å². The van der Waals surface area contributed by atoms with Crippen molar-refractivity contribution in [3.8, 4) is 5.75 Å². The van der Waals surface area contributed by atoms with Gasteiger partial charge >= 0.3 is 0 Å². The fraction of sp³-hybridized carbons (Fsp3) is 0.389. The summed E-state index contributed by atoms with van der Waals surface area (Å²) < 4.78 is 5.42. The third kappa shape index (κ3) is 4.32. The molecule has 3 N–H and O–H groups in total. The first-order chi connectivity index (χ1) is 12.6. The zero-order chi connectivity index (χ0) is 18.5. The molecule has 0 saturated carbocycles. The van der Waals surface area contributed by atoms with Crippen molar-refractivity contribution in [3.63, 3.8) is 0 Å². The highest BCUT2D eigenvalue weighted by molar-refractivity contribution is 7.14. The zero-order valence-electron chi connectivity index (χ0n) is 14.6. The molecule has 2 amide bonds. The highest BCUT2D eigenvalue weighted by Crippen LogP contribution is 2.25. The summed E-state index contributed by atoms with van der Waals surface area (Å²) in [6, 6.07) is 7.58. The van der Waals surface area contributed by atoms with Gasteiger partial charge < -0.3 is 20.7 Å². The van der Waals surface area contributed by atoms with E-state index in [1.165, 1.54) is 11.3 Å². The maximum atomic E-state index is 12.6. The van der Waals surface area contributed by atoms with Gasteiger partial charge in [0.15, 0.2) is 5.13 Å². The van der Waals surface area contributed by atoms with Crippen LogP contribution in [0.4, 0.5) is 10.8 Å². The second-order valence-corrected chi connectivity index (χ2v) is 6.95. The van der Waals surface area contributed by atoms with E-state index in [1.54, 1.807) is 10.3 Å². The van der Waals surface area contributed by atoms with Crippen molar-refractivity contribution in [1.82, 2.24) is 9.88 Å². The number of ether oxygens (including phenoxy) is 1.